The van der Waals surface area contributed by atoms with Gasteiger partial charge in [-0.3, -0.25) is 14.4 Å². The molecule has 1 unspecified atom stereocenters. The molecule has 0 fully saturated rings. The lowest BCUT2D eigenvalue weighted by Crippen LogP contribution is -2.30. The number of ether oxygens (including phenoxy) is 3. The first-order chi connectivity index (χ1) is 32.5. The van der Waals surface area contributed by atoms with Crippen molar-refractivity contribution in [1.29, 1.82) is 0 Å². The maximum atomic E-state index is 12.8. The number of rotatable bonds is 49. The van der Waals surface area contributed by atoms with Crippen LogP contribution in [0, 0.1) is 0 Å². The lowest BCUT2D eigenvalue weighted by atomic mass is 10.1. The lowest BCUT2D eigenvalue weighted by molar-refractivity contribution is -0.167. The summed E-state index contributed by atoms with van der Waals surface area (Å²) in [5.41, 5.74) is 0. The van der Waals surface area contributed by atoms with Gasteiger partial charge in [0.25, 0.3) is 0 Å². The Morgan fingerprint density at radius 1 is 0.318 bits per heavy atom. The molecule has 66 heavy (non-hydrogen) atoms. The summed E-state index contributed by atoms with van der Waals surface area (Å²) in [7, 11) is 0. The van der Waals surface area contributed by atoms with Crippen molar-refractivity contribution < 1.29 is 28.6 Å². The molecule has 0 aliphatic rings. The quantitative estimate of drug-likeness (QED) is 0.0199. The van der Waals surface area contributed by atoms with E-state index in [0.29, 0.717) is 19.3 Å². The van der Waals surface area contributed by atoms with Gasteiger partial charge in [-0.15, -0.1) is 0 Å². The average Bonchev–Trinajstić information content (AvgIpc) is 3.31. The van der Waals surface area contributed by atoms with Crippen LogP contribution in [-0.2, 0) is 28.6 Å². The average molecular weight is 919 g/mol. The van der Waals surface area contributed by atoms with E-state index in [0.717, 1.165) is 109 Å². The Kier molecular flexibility index (Phi) is 51.4. The number of allylic oxidation sites excluding steroid dienone is 14. The summed E-state index contributed by atoms with van der Waals surface area (Å²) in [6.45, 7) is 6.53. The Labute approximate surface area is 407 Å². The fraction of sp³-hybridized carbons (Fsp3) is 0.717. The molecule has 0 radical (unpaired) electrons. The minimum atomic E-state index is -0.797. The Balaban J connectivity index is 4.46. The number of hydrogen-bond acceptors (Lipinski definition) is 6. The molecule has 0 heterocycles. The summed E-state index contributed by atoms with van der Waals surface area (Å²) < 4.78 is 16.8. The van der Waals surface area contributed by atoms with Crippen molar-refractivity contribution in [1.82, 2.24) is 0 Å². The van der Waals surface area contributed by atoms with Gasteiger partial charge >= 0.3 is 17.9 Å². The third kappa shape index (κ3) is 51.6. The molecule has 6 heteroatoms. The van der Waals surface area contributed by atoms with E-state index in [4.69, 9.17) is 14.2 Å². The first-order valence-electron chi connectivity index (χ1n) is 27.6. The highest BCUT2D eigenvalue weighted by atomic mass is 16.6. The van der Waals surface area contributed by atoms with Crippen LogP contribution in [0.5, 0.6) is 0 Å². The Morgan fingerprint density at radius 3 is 1.03 bits per heavy atom. The van der Waals surface area contributed by atoms with Gasteiger partial charge in [-0.05, 0) is 103 Å². The second-order valence-electron chi connectivity index (χ2n) is 18.2. The molecule has 0 bridgehead atoms. The zero-order valence-electron chi connectivity index (χ0n) is 43.2. The summed E-state index contributed by atoms with van der Waals surface area (Å²) in [6.07, 6.45) is 69.9. The Bertz CT molecular complexity index is 1290. The van der Waals surface area contributed by atoms with E-state index in [-0.39, 0.29) is 31.1 Å². The number of unbranched alkanes of at least 4 members (excludes halogenated alkanes) is 27. The van der Waals surface area contributed by atoms with Crippen LogP contribution < -0.4 is 0 Å². The molecule has 0 aromatic heterocycles. The molecule has 0 N–H and O–H groups in total. The lowest BCUT2D eigenvalue weighted by Gasteiger charge is -2.18. The van der Waals surface area contributed by atoms with Gasteiger partial charge < -0.3 is 14.2 Å². The predicted octanol–water partition coefficient (Wildman–Crippen LogP) is 18.4. The molecule has 0 aliphatic heterocycles. The number of hydrogen-bond donors (Lipinski definition) is 0. The topological polar surface area (TPSA) is 78.9 Å². The van der Waals surface area contributed by atoms with Crippen LogP contribution in [0.15, 0.2) is 85.1 Å². The third-order valence-corrected chi connectivity index (χ3v) is 11.7. The second kappa shape index (κ2) is 54.2. The van der Waals surface area contributed by atoms with E-state index in [1.807, 2.05) is 0 Å². The van der Waals surface area contributed by atoms with Crippen LogP contribution in [0.25, 0.3) is 0 Å². The zero-order valence-corrected chi connectivity index (χ0v) is 43.2. The van der Waals surface area contributed by atoms with Crippen LogP contribution in [-0.4, -0.2) is 37.2 Å². The van der Waals surface area contributed by atoms with Gasteiger partial charge in [0.1, 0.15) is 13.2 Å². The normalized spacial score (nSPS) is 12.7. The smallest absolute Gasteiger partial charge is 0.306 e. The fourth-order valence-electron chi connectivity index (χ4n) is 7.48. The zero-order chi connectivity index (χ0) is 47.9. The molecule has 0 aliphatic carbocycles. The highest BCUT2D eigenvalue weighted by Gasteiger charge is 2.19. The molecule has 0 spiro atoms. The van der Waals surface area contributed by atoms with Crippen molar-refractivity contribution >= 4 is 17.9 Å². The van der Waals surface area contributed by atoms with Crippen molar-refractivity contribution in [3.63, 3.8) is 0 Å². The van der Waals surface area contributed by atoms with E-state index in [1.54, 1.807) is 0 Å². The second-order valence-corrected chi connectivity index (χ2v) is 18.2. The fourth-order valence-corrected chi connectivity index (χ4v) is 7.48. The predicted molar refractivity (Wildman–Crippen MR) is 284 cm³/mol. The van der Waals surface area contributed by atoms with Crippen molar-refractivity contribution in [2.75, 3.05) is 13.2 Å². The van der Waals surface area contributed by atoms with Crippen molar-refractivity contribution in [3.8, 4) is 0 Å². The van der Waals surface area contributed by atoms with Crippen molar-refractivity contribution in [2.24, 2.45) is 0 Å². The van der Waals surface area contributed by atoms with Gasteiger partial charge in [-0.25, -0.2) is 0 Å². The summed E-state index contributed by atoms with van der Waals surface area (Å²) in [5, 5.41) is 0. The molecule has 6 nitrogen and oxygen atoms in total. The van der Waals surface area contributed by atoms with Crippen LogP contribution in [0.3, 0.4) is 0 Å². The van der Waals surface area contributed by atoms with Crippen LogP contribution in [0.2, 0.25) is 0 Å². The molecular weight excluding hydrogens is 817 g/mol. The molecule has 0 saturated heterocycles. The first kappa shape index (κ1) is 62.6. The Hall–Kier alpha value is -3.41. The van der Waals surface area contributed by atoms with Gasteiger partial charge in [-0.1, -0.05) is 221 Å². The highest BCUT2D eigenvalue weighted by molar-refractivity contribution is 5.71. The van der Waals surface area contributed by atoms with Gasteiger partial charge in [0.2, 0.25) is 0 Å². The van der Waals surface area contributed by atoms with Gasteiger partial charge in [-0.2, -0.15) is 0 Å². The molecule has 0 aromatic rings. The summed E-state index contributed by atoms with van der Waals surface area (Å²) >= 11 is 0. The summed E-state index contributed by atoms with van der Waals surface area (Å²) in [6, 6.07) is 0. The van der Waals surface area contributed by atoms with Gasteiger partial charge in [0.05, 0.1) is 0 Å². The maximum absolute atomic E-state index is 12.8. The molecule has 0 rings (SSSR count). The van der Waals surface area contributed by atoms with E-state index >= 15 is 0 Å². The van der Waals surface area contributed by atoms with Crippen LogP contribution in [0.1, 0.15) is 258 Å². The van der Waals surface area contributed by atoms with E-state index in [1.165, 1.54) is 109 Å². The monoisotopic (exact) mass is 919 g/mol. The first-order valence-corrected chi connectivity index (χ1v) is 27.6. The van der Waals surface area contributed by atoms with Crippen molar-refractivity contribution in [2.45, 2.75) is 264 Å². The molecule has 0 saturated carbocycles. The molecule has 0 aromatic carbocycles. The van der Waals surface area contributed by atoms with Gasteiger partial charge in [0.15, 0.2) is 6.10 Å². The number of carbonyl (C=O) groups is 3. The highest BCUT2D eigenvalue weighted by Crippen LogP contribution is 2.14. The minimum Gasteiger partial charge on any atom is -0.462 e. The largest absolute Gasteiger partial charge is 0.462 e. The number of esters is 3. The third-order valence-electron chi connectivity index (χ3n) is 11.7. The molecule has 0 amide bonds. The summed E-state index contributed by atoms with van der Waals surface area (Å²) in [4.78, 5) is 38.1. The van der Waals surface area contributed by atoms with Crippen molar-refractivity contribution in [3.05, 3.63) is 85.1 Å². The standard InChI is InChI=1S/C60H102O6/c1-4-7-10-13-16-19-22-25-27-29-31-32-35-38-41-44-47-50-53-59(62)65-56-57(55-64-58(61)52-49-46-43-40-37-34-24-21-18-15-12-9-6-3)66-60(63)54-51-48-45-42-39-36-33-30-28-26-23-20-17-14-11-8-5-2/h16-17,19-20,22,25-29,31-32,34,37,57H,4-15,18,21,23-24,30,33,35-36,38-56H2,1-3H3/b19-16-,20-17-,25-22-,28-26-,29-27-,32-31-,37-34-. The molecule has 1 atom stereocenters. The van der Waals surface area contributed by atoms with E-state index in [2.05, 4.69) is 106 Å². The molecular formula is C60H102O6. The Morgan fingerprint density at radius 2 is 0.606 bits per heavy atom. The summed E-state index contributed by atoms with van der Waals surface area (Å²) in [5.74, 6) is -0.939. The number of carbonyl (C=O) groups excluding carboxylic acids is 3. The molecule has 378 valence electrons. The van der Waals surface area contributed by atoms with E-state index in [9.17, 15) is 14.4 Å². The van der Waals surface area contributed by atoms with Crippen LogP contribution in [0.4, 0.5) is 0 Å². The van der Waals surface area contributed by atoms with Gasteiger partial charge in [0, 0.05) is 19.3 Å². The SMILES string of the molecule is CCCCC\C=C/C=C\C=C/C=C\CCCCCCCC(=O)OCC(COC(=O)CCCCC/C=C\CCCCCCCC)OC(=O)CCCCCCCCC/C=C\C/C=C\CCCCC. The van der Waals surface area contributed by atoms with Crippen LogP contribution >= 0.6 is 0 Å². The van der Waals surface area contributed by atoms with E-state index < -0.39 is 6.10 Å². The minimum absolute atomic E-state index is 0.0958. The maximum Gasteiger partial charge on any atom is 0.306 e.